The fraction of sp³-hybridized carbons (Fsp3) is 0.526. The Morgan fingerprint density at radius 1 is 1.31 bits per heavy atom. The third kappa shape index (κ3) is 5.93. The van der Waals surface area contributed by atoms with Gasteiger partial charge < -0.3 is 10.2 Å². The molecule has 7 heteroatoms. The molecule has 0 radical (unpaired) electrons. The second-order valence-electron chi connectivity index (χ2n) is 6.66. The van der Waals surface area contributed by atoms with E-state index in [1.807, 2.05) is 0 Å². The van der Waals surface area contributed by atoms with Gasteiger partial charge in [0.05, 0.1) is 4.90 Å². The largest absolute Gasteiger partial charge is 0.352 e. The van der Waals surface area contributed by atoms with E-state index in [1.165, 1.54) is 49.6 Å². The molecule has 1 aromatic rings. The number of sulfonamides is 1. The molecule has 0 bridgehead atoms. The number of nitrogens with zero attached hydrogens (tertiary/aromatic N) is 1. The van der Waals surface area contributed by atoms with E-state index in [0.29, 0.717) is 18.2 Å². The molecule has 1 unspecified atom stereocenters. The first-order chi connectivity index (χ1) is 12.4. The van der Waals surface area contributed by atoms with E-state index in [2.05, 4.69) is 28.4 Å². The summed E-state index contributed by atoms with van der Waals surface area (Å²) in [5.74, 6) is -0.181. The number of piperidine rings is 1. The summed E-state index contributed by atoms with van der Waals surface area (Å²) < 4.78 is 26.4. The molecule has 144 valence electrons. The Bertz CT molecular complexity index is 701. The van der Waals surface area contributed by atoms with E-state index < -0.39 is 10.0 Å². The van der Waals surface area contributed by atoms with Crippen LogP contribution < -0.4 is 10.0 Å². The average Bonchev–Trinajstić information content (AvgIpc) is 2.65. The molecule has 0 aromatic heterocycles. The number of likely N-dealkylation sites (tertiary alicyclic amines) is 1. The minimum Gasteiger partial charge on any atom is -0.352 e. The third-order valence-corrected chi connectivity index (χ3v) is 6.13. The van der Waals surface area contributed by atoms with Crippen LogP contribution >= 0.6 is 0 Å². The van der Waals surface area contributed by atoms with Crippen LogP contribution in [0, 0.1) is 0 Å². The Kier molecular flexibility index (Phi) is 7.81. The van der Waals surface area contributed by atoms with Crippen LogP contribution in [-0.4, -0.2) is 51.4 Å². The molecule has 2 rings (SSSR count). The topological polar surface area (TPSA) is 78.5 Å². The summed E-state index contributed by atoms with van der Waals surface area (Å²) in [7, 11) is -3.56. The van der Waals surface area contributed by atoms with Gasteiger partial charge in [-0.05, 0) is 57.0 Å². The van der Waals surface area contributed by atoms with Gasteiger partial charge in [0.25, 0.3) is 5.91 Å². The number of rotatable bonds is 9. The maximum Gasteiger partial charge on any atom is 0.251 e. The van der Waals surface area contributed by atoms with E-state index in [4.69, 9.17) is 0 Å². The highest BCUT2D eigenvalue weighted by atomic mass is 32.2. The maximum atomic E-state index is 12.2. The maximum absolute atomic E-state index is 12.2. The Balaban J connectivity index is 1.79. The molecule has 0 spiro atoms. The van der Waals surface area contributed by atoms with Crippen molar-refractivity contribution in [1.82, 2.24) is 14.9 Å². The smallest absolute Gasteiger partial charge is 0.251 e. The first-order valence-corrected chi connectivity index (χ1v) is 10.7. The Hall–Kier alpha value is -1.70. The quantitative estimate of drug-likeness (QED) is 0.509. The number of carbonyl (C=O) groups excluding carboxylic acids is 1. The van der Waals surface area contributed by atoms with Crippen LogP contribution in [0.2, 0.25) is 0 Å². The van der Waals surface area contributed by atoms with Crippen LogP contribution in [0.4, 0.5) is 0 Å². The molecular weight excluding hydrogens is 350 g/mol. The van der Waals surface area contributed by atoms with Crippen molar-refractivity contribution in [2.45, 2.75) is 43.5 Å². The van der Waals surface area contributed by atoms with E-state index in [1.54, 1.807) is 0 Å². The zero-order valence-corrected chi connectivity index (χ0v) is 16.2. The van der Waals surface area contributed by atoms with Crippen LogP contribution in [0.3, 0.4) is 0 Å². The fourth-order valence-corrected chi connectivity index (χ4v) is 4.11. The normalized spacial score (nSPS) is 18.4. The van der Waals surface area contributed by atoms with E-state index in [0.717, 1.165) is 19.5 Å². The van der Waals surface area contributed by atoms with Crippen molar-refractivity contribution in [3.8, 4) is 0 Å². The zero-order chi connectivity index (χ0) is 19.0. The average molecular weight is 380 g/mol. The highest BCUT2D eigenvalue weighted by Gasteiger charge is 2.17. The van der Waals surface area contributed by atoms with Gasteiger partial charge in [0, 0.05) is 31.2 Å². The van der Waals surface area contributed by atoms with Crippen LogP contribution in [0.5, 0.6) is 0 Å². The van der Waals surface area contributed by atoms with Crippen LogP contribution in [0.15, 0.2) is 41.8 Å². The highest BCUT2D eigenvalue weighted by molar-refractivity contribution is 7.89. The third-order valence-electron chi connectivity index (χ3n) is 4.69. The summed E-state index contributed by atoms with van der Waals surface area (Å²) in [4.78, 5) is 14.8. The number of hydrogen-bond donors (Lipinski definition) is 2. The lowest BCUT2D eigenvalue weighted by Crippen LogP contribution is -2.39. The lowest BCUT2D eigenvalue weighted by molar-refractivity contribution is 0.0948. The monoisotopic (exact) mass is 379 g/mol. The van der Waals surface area contributed by atoms with Crippen molar-refractivity contribution in [3.05, 3.63) is 42.5 Å². The molecule has 1 atom stereocenters. The van der Waals surface area contributed by atoms with Crippen LogP contribution in [0.25, 0.3) is 0 Å². The summed E-state index contributed by atoms with van der Waals surface area (Å²) in [6.07, 6.45) is 6.21. The summed E-state index contributed by atoms with van der Waals surface area (Å²) >= 11 is 0. The molecule has 0 saturated carbocycles. The standard InChI is InChI=1S/C19H29N3O3S/c1-3-12-21-26(24,25)18-10-8-17(9-11-18)19(23)20-13-6-15-22-14-5-4-7-16(22)2/h3,8-11,16,21H,1,4-7,12-15H2,2H3,(H,20,23). The molecule has 1 aliphatic rings. The first kappa shape index (κ1) is 20.6. The lowest BCUT2D eigenvalue weighted by atomic mass is 10.0. The predicted octanol–water partition coefficient (Wildman–Crippen LogP) is 2.15. The molecule has 2 N–H and O–H groups in total. The molecule has 6 nitrogen and oxygen atoms in total. The number of hydrogen-bond acceptors (Lipinski definition) is 4. The Morgan fingerprint density at radius 2 is 2.04 bits per heavy atom. The minimum atomic E-state index is -3.56. The second-order valence-corrected chi connectivity index (χ2v) is 8.42. The number of amides is 1. The summed E-state index contributed by atoms with van der Waals surface area (Å²) in [6.45, 7) is 8.66. The Morgan fingerprint density at radius 3 is 2.69 bits per heavy atom. The van der Waals surface area contributed by atoms with Crippen molar-refractivity contribution in [1.29, 1.82) is 0 Å². The minimum absolute atomic E-state index is 0.134. The zero-order valence-electron chi connectivity index (χ0n) is 15.4. The second kappa shape index (κ2) is 9.85. The fourth-order valence-electron chi connectivity index (χ4n) is 3.11. The molecular formula is C19H29N3O3S. The van der Waals surface area contributed by atoms with E-state index in [-0.39, 0.29) is 17.3 Å². The number of benzene rings is 1. The summed E-state index contributed by atoms with van der Waals surface area (Å²) in [5.41, 5.74) is 0.457. The van der Waals surface area contributed by atoms with Crippen molar-refractivity contribution >= 4 is 15.9 Å². The van der Waals surface area contributed by atoms with Gasteiger partial charge in [-0.15, -0.1) is 6.58 Å². The molecule has 0 aliphatic carbocycles. The number of nitrogens with one attached hydrogen (secondary N) is 2. The van der Waals surface area contributed by atoms with Gasteiger partial charge in [-0.1, -0.05) is 12.5 Å². The molecule has 1 fully saturated rings. The lowest BCUT2D eigenvalue weighted by Gasteiger charge is -2.33. The van der Waals surface area contributed by atoms with Crippen LogP contribution in [-0.2, 0) is 10.0 Å². The molecule has 1 heterocycles. The first-order valence-electron chi connectivity index (χ1n) is 9.17. The molecule has 1 aromatic carbocycles. The van der Waals surface area contributed by atoms with Gasteiger partial charge in [0.15, 0.2) is 0 Å². The van der Waals surface area contributed by atoms with E-state index in [9.17, 15) is 13.2 Å². The van der Waals surface area contributed by atoms with Crippen molar-refractivity contribution in [3.63, 3.8) is 0 Å². The van der Waals surface area contributed by atoms with Gasteiger partial charge >= 0.3 is 0 Å². The van der Waals surface area contributed by atoms with Gasteiger partial charge in [0.1, 0.15) is 0 Å². The number of carbonyl (C=O) groups is 1. The van der Waals surface area contributed by atoms with Crippen molar-refractivity contribution in [2.75, 3.05) is 26.2 Å². The van der Waals surface area contributed by atoms with Crippen LogP contribution in [0.1, 0.15) is 43.0 Å². The SMILES string of the molecule is C=CCNS(=O)(=O)c1ccc(C(=O)NCCCN2CCCCC2C)cc1. The predicted molar refractivity (Wildman–Crippen MR) is 104 cm³/mol. The molecule has 1 amide bonds. The summed E-state index contributed by atoms with van der Waals surface area (Å²) in [6, 6.07) is 6.57. The molecule has 1 saturated heterocycles. The van der Waals surface area contributed by atoms with E-state index >= 15 is 0 Å². The van der Waals surface area contributed by atoms with Gasteiger partial charge in [0.2, 0.25) is 10.0 Å². The Labute approximate surface area is 156 Å². The van der Waals surface area contributed by atoms with Gasteiger partial charge in [-0.3, -0.25) is 4.79 Å². The van der Waals surface area contributed by atoms with Crippen molar-refractivity contribution in [2.24, 2.45) is 0 Å². The molecule has 1 aliphatic heterocycles. The summed E-state index contributed by atoms with van der Waals surface area (Å²) in [5, 5.41) is 2.90. The van der Waals surface area contributed by atoms with Crippen molar-refractivity contribution < 1.29 is 13.2 Å². The highest BCUT2D eigenvalue weighted by Crippen LogP contribution is 2.16. The van der Waals surface area contributed by atoms with Gasteiger partial charge in [-0.25, -0.2) is 13.1 Å². The molecule has 26 heavy (non-hydrogen) atoms. The van der Waals surface area contributed by atoms with Gasteiger partial charge in [-0.2, -0.15) is 0 Å².